The van der Waals surface area contributed by atoms with E-state index in [9.17, 15) is 0 Å². The van der Waals surface area contributed by atoms with E-state index in [1.165, 1.54) is 49.6 Å². The molecule has 3 aromatic heterocycles. The van der Waals surface area contributed by atoms with Crippen LogP contribution in [0.1, 0.15) is 68.3 Å². The van der Waals surface area contributed by atoms with Crippen LogP contribution in [0, 0.1) is 6.92 Å². The van der Waals surface area contributed by atoms with E-state index in [2.05, 4.69) is 125 Å². The van der Waals surface area contributed by atoms with E-state index in [1.54, 1.807) is 0 Å². The number of aromatic nitrogens is 3. The largest absolute Gasteiger partial charge is 0.295 e. The highest BCUT2D eigenvalue weighted by atomic mass is 15.0. The lowest BCUT2D eigenvalue weighted by atomic mass is 9.60. The van der Waals surface area contributed by atoms with Crippen molar-refractivity contribution in [1.82, 2.24) is 14.4 Å². The van der Waals surface area contributed by atoms with Gasteiger partial charge >= 0.3 is 0 Å². The number of pyridine rings is 2. The van der Waals surface area contributed by atoms with Crippen LogP contribution in [0.25, 0.3) is 27.3 Å². The van der Waals surface area contributed by atoms with Gasteiger partial charge in [-0.15, -0.1) is 0 Å². The molecule has 0 N–H and O–H groups in total. The number of benzene rings is 3. The summed E-state index contributed by atoms with van der Waals surface area (Å²) in [6, 6.07) is 28.6. The zero-order valence-electron chi connectivity index (χ0n) is 23.0. The molecule has 38 heavy (non-hydrogen) atoms. The smallest absolute Gasteiger partial charge is 0.145 e. The fourth-order valence-corrected chi connectivity index (χ4v) is 6.79. The first-order valence-corrected chi connectivity index (χ1v) is 13.5. The Balaban J connectivity index is 1.63. The molecule has 0 spiro atoms. The summed E-state index contributed by atoms with van der Waals surface area (Å²) in [5, 5.41) is 3.79. The van der Waals surface area contributed by atoms with Crippen LogP contribution in [0.4, 0.5) is 0 Å². The number of fused-ring (bicyclic) bond motifs is 3. The Hall–Kier alpha value is -3.98. The molecule has 0 saturated heterocycles. The van der Waals surface area contributed by atoms with Gasteiger partial charge in [-0.2, -0.15) is 0 Å². The van der Waals surface area contributed by atoms with Crippen molar-refractivity contribution in [3.05, 3.63) is 125 Å². The minimum absolute atomic E-state index is 0.0274. The fraction of sp³-hybridized carbons (Fsp3) is 0.257. The van der Waals surface area contributed by atoms with Crippen LogP contribution in [-0.4, -0.2) is 14.4 Å². The standard InChI is InChI=1S/C35H33N3/c1-22-15-18-27-31-30(22)25-17-16-24(35(6,23-12-8-7-9-13-23)28-14-10-11-19-36-28)20-26(25)32-37-21-29(38(31)32)34(4,5)33(27,2)3/h7-21H,1-6H3. The third kappa shape index (κ3) is 2.74. The monoisotopic (exact) mass is 495 g/mol. The molecule has 0 fully saturated rings. The van der Waals surface area contributed by atoms with Crippen LogP contribution in [0.2, 0.25) is 0 Å². The fourth-order valence-electron chi connectivity index (χ4n) is 6.79. The molecule has 6 aromatic rings. The summed E-state index contributed by atoms with van der Waals surface area (Å²) in [6.45, 7) is 14.0. The van der Waals surface area contributed by atoms with Crippen molar-refractivity contribution < 1.29 is 0 Å². The van der Waals surface area contributed by atoms with Crippen LogP contribution in [-0.2, 0) is 16.2 Å². The number of rotatable bonds is 3. The second-order valence-corrected chi connectivity index (χ2v) is 12.2. The molecular formula is C35H33N3. The highest BCUT2D eigenvalue weighted by Gasteiger charge is 2.46. The van der Waals surface area contributed by atoms with Gasteiger partial charge < -0.3 is 0 Å². The van der Waals surface area contributed by atoms with Crippen molar-refractivity contribution in [1.29, 1.82) is 0 Å². The average Bonchev–Trinajstić information content (AvgIpc) is 3.39. The summed E-state index contributed by atoms with van der Waals surface area (Å²) in [7, 11) is 0. The summed E-state index contributed by atoms with van der Waals surface area (Å²) in [5.74, 6) is 0. The number of hydrogen-bond acceptors (Lipinski definition) is 2. The first kappa shape index (κ1) is 23.2. The van der Waals surface area contributed by atoms with Crippen molar-refractivity contribution in [3.63, 3.8) is 0 Å². The third-order valence-corrected chi connectivity index (χ3v) is 9.88. The molecule has 188 valence electrons. The normalized spacial score (nSPS) is 17.3. The van der Waals surface area contributed by atoms with E-state index in [-0.39, 0.29) is 10.8 Å². The number of imidazole rings is 1. The molecule has 0 radical (unpaired) electrons. The van der Waals surface area contributed by atoms with Crippen LogP contribution >= 0.6 is 0 Å². The topological polar surface area (TPSA) is 30.2 Å². The van der Waals surface area contributed by atoms with E-state index >= 15 is 0 Å². The molecule has 3 heteroatoms. The minimum atomic E-state index is -0.409. The first-order chi connectivity index (χ1) is 18.2. The van der Waals surface area contributed by atoms with Crippen molar-refractivity contribution in [2.24, 2.45) is 0 Å². The van der Waals surface area contributed by atoms with Gasteiger partial charge in [0, 0.05) is 39.7 Å². The van der Waals surface area contributed by atoms with Crippen LogP contribution in [0.5, 0.6) is 0 Å². The van der Waals surface area contributed by atoms with E-state index in [4.69, 9.17) is 9.97 Å². The van der Waals surface area contributed by atoms with Crippen LogP contribution < -0.4 is 0 Å². The Morgan fingerprint density at radius 2 is 1.50 bits per heavy atom. The molecule has 0 amide bonds. The number of hydrogen-bond donors (Lipinski definition) is 0. The van der Waals surface area contributed by atoms with Crippen molar-refractivity contribution in [3.8, 4) is 0 Å². The zero-order chi connectivity index (χ0) is 26.4. The minimum Gasteiger partial charge on any atom is -0.295 e. The summed E-state index contributed by atoms with van der Waals surface area (Å²) in [5.41, 5.74) is 9.29. The lowest BCUT2D eigenvalue weighted by molar-refractivity contribution is 0.288. The van der Waals surface area contributed by atoms with E-state index in [1.807, 2.05) is 12.3 Å². The quantitative estimate of drug-likeness (QED) is 0.231. The molecular weight excluding hydrogens is 462 g/mol. The molecule has 3 aromatic carbocycles. The lowest BCUT2D eigenvalue weighted by Gasteiger charge is -2.46. The molecule has 0 bridgehead atoms. The second kappa shape index (κ2) is 7.54. The maximum atomic E-state index is 5.11. The van der Waals surface area contributed by atoms with Gasteiger partial charge in [-0.3, -0.25) is 9.38 Å². The molecule has 0 aliphatic carbocycles. The molecule has 1 aliphatic rings. The van der Waals surface area contributed by atoms with Gasteiger partial charge in [0.1, 0.15) is 5.65 Å². The summed E-state index contributed by atoms with van der Waals surface area (Å²) >= 11 is 0. The van der Waals surface area contributed by atoms with Gasteiger partial charge in [0.15, 0.2) is 0 Å². The van der Waals surface area contributed by atoms with Crippen molar-refractivity contribution in [2.45, 2.75) is 57.8 Å². The van der Waals surface area contributed by atoms with Gasteiger partial charge in [0.05, 0.1) is 16.6 Å². The summed E-state index contributed by atoms with van der Waals surface area (Å²) in [6.07, 6.45) is 4.01. The molecule has 1 atom stereocenters. The predicted molar refractivity (Wildman–Crippen MR) is 157 cm³/mol. The van der Waals surface area contributed by atoms with Gasteiger partial charge in [-0.1, -0.05) is 88.4 Å². The van der Waals surface area contributed by atoms with Crippen molar-refractivity contribution in [2.75, 3.05) is 0 Å². The molecule has 4 heterocycles. The molecule has 1 unspecified atom stereocenters. The molecule has 3 nitrogen and oxygen atoms in total. The highest BCUT2D eigenvalue weighted by molar-refractivity contribution is 6.14. The Morgan fingerprint density at radius 3 is 2.24 bits per heavy atom. The van der Waals surface area contributed by atoms with E-state index in [0.717, 1.165) is 11.3 Å². The summed E-state index contributed by atoms with van der Waals surface area (Å²) < 4.78 is 2.45. The van der Waals surface area contributed by atoms with Crippen molar-refractivity contribution >= 4 is 27.3 Å². The maximum absolute atomic E-state index is 5.11. The predicted octanol–water partition coefficient (Wildman–Crippen LogP) is 8.27. The Kier molecular flexibility index (Phi) is 4.59. The Labute approximate surface area is 224 Å². The Bertz CT molecular complexity index is 1840. The van der Waals surface area contributed by atoms with Gasteiger partial charge in [-0.25, -0.2) is 4.98 Å². The maximum Gasteiger partial charge on any atom is 0.145 e. The van der Waals surface area contributed by atoms with E-state index < -0.39 is 5.41 Å². The summed E-state index contributed by atoms with van der Waals surface area (Å²) in [4.78, 5) is 9.96. The zero-order valence-corrected chi connectivity index (χ0v) is 23.0. The van der Waals surface area contributed by atoms with Crippen LogP contribution in [0.3, 0.4) is 0 Å². The van der Waals surface area contributed by atoms with E-state index in [0.29, 0.717) is 0 Å². The highest BCUT2D eigenvalue weighted by Crippen LogP contribution is 2.52. The number of aryl methyl sites for hydroxylation is 1. The van der Waals surface area contributed by atoms with Crippen LogP contribution in [0.15, 0.2) is 91.3 Å². The average molecular weight is 496 g/mol. The Morgan fingerprint density at radius 1 is 0.737 bits per heavy atom. The van der Waals surface area contributed by atoms with Gasteiger partial charge in [0.2, 0.25) is 0 Å². The second-order valence-electron chi connectivity index (χ2n) is 12.2. The first-order valence-electron chi connectivity index (χ1n) is 13.5. The SMILES string of the molecule is Cc1ccc2c3c1c1ccc(C(C)(c4ccccc4)c4ccccn4)cc1c1ncc(n13)C(C)(C)C2(C)C. The molecule has 1 aliphatic heterocycles. The lowest BCUT2D eigenvalue weighted by Crippen LogP contribution is -2.44. The third-order valence-electron chi connectivity index (χ3n) is 9.88. The molecule has 0 saturated carbocycles. The van der Waals surface area contributed by atoms with Gasteiger partial charge in [-0.05, 0) is 59.7 Å². The van der Waals surface area contributed by atoms with Gasteiger partial charge in [0.25, 0.3) is 0 Å². The molecule has 7 rings (SSSR count). The number of nitrogens with zero attached hydrogens (tertiary/aromatic N) is 3.